The molecule has 18 heavy (non-hydrogen) atoms. The summed E-state index contributed by atoms with van der Waals surface area (Å²) in [4.78, 5) is 4.58. The first-order valence-corrected chi connectivity index (χ1v) is 7.01. The van der Waals surface area contributed by atoms with Crippen LogP contribution in [0.3, 0.4) is 0 Å². The van der Waals surface area contributed by atoms with Crippen molar-refractivity contribution in [2.75, 3.05) is 40.1 Å². The van der Waals surface area contributed by atoms with E-state index in [1.54, 1.807) is 18.4 Å². The summed E-state index contributed by atoms with van der Waals surface area (Å²) in [5.41, 5.74) is 6.83. The maximum atomic E-state index is 6.26. The number of thiazole rings is 1. The highest BCUT2D eigenvalue weighted by Crippen LogP contribution is 2.28. The van der Waals surface area contributed by atoms with Crippen LogP contribution in [0, 0.1) is 0 Å². The molecule has 0 spiro atoms. The topological polar surface area (TPSA) is 66.6 Å². The van der Waals surface area contributed by atoms with Gasteiger partial charge >= 0.3 is 0 Å². The van der Waals surface area contributed by atoms with Crippen molar-refractivity contribution >= 4 is 11.3 Å². The van der Waals surface area contributed by atoms with Gasteiger partial charge in [-0.1, -0.05) is 0 Å². The molecule has 0 bridgehead atoms. The monoisotopic (exact) mass is 272 g/mol. The molecule has 2 rings (SSSR count). The lowest BCUT2D eigenvalue weighted by Crippen LogP contribution is -2.37. The molecule has 1 aliphatic rings. The standard InChI is InChI=1S/C12H20N2O3S/c1-15-6-7-16-4-2-11-14-10(8-18-11)12(13)3-5-17-9-12/h8H,2-7,9,13H2,1H3. The molecule has 102 valence electrons. The van der Waals surface area contributed by atoms with E-state index in [4.69, 9.17) is 19.9 Å². The maximum absolute atomic E-state index is 6.26. The van der Waals surface area contributed by atoms with E-state index >= 15 is 0 Å². The minimum atomic E-state index is -0.383. The fraction of sp³-hybridized carbons (Fsp3) is 0.750. The molecule has 2 N–H and O–H groups in total. The van der Waals surface area contributed by atoms with Crippen molar-refractivity contribution in [3.8, 4) is 0 Å². The molecule has 0 aliphatic carbocycles. The molecule has 1 aliphatic heterocycles. The molecule has 1 fully saturated rings. The molecule has 0 radical (unpaired) electrons. The van der Waals surface area contributed by atoms with Crippen molar-refractivity contribution in [2.24, 2.45) is 5.73 Å². The van der Waals surface area contributed by atoms with E-state index in [0.717, 1.165) is 30.2 Å². The molecule has 1 aromatic heterocycles. The van der Waals surface area contributed by atoms with Crippen LogP contribution in [-0.2, 0) is 26.2 Å². The third-order valence-corrected chi connectivity index (χ3v) is 3.91. The van der Waals surface area contributed by atoms with Crippen LogP contribution in [0.2, 0.25) is 0 Å². The SMILES string of the molecule is COCCOCCc1nc(C2(N)CCOC2)cs1. The zero-order chi connectivity index (χ0) is 12.8. The fourth-order valence-corrected chi connectivity index (χ4v) is 2.73. The molecule has 1 unspecified atom stereocenters. The summed E-state index contributed by atoms with van der Waals surface area (Å²) in [5.74, 6) is 0. The zero-order valence-corrected chi connectivity index (χ0v) is 11.5. The summed E-state index contributed by atoms with van der Waals surface area (Å²) in [6, 6.07) is 0. The molecule has 0 saturated carbocycles. The Bertz CT molecular complexity index is 364. The van der Waals surface area contributed by atoms with Gasteiger partial charge in [-0.15, -0.1) is 11.3 Å². The molecular weight excluding hydrogens is 252 g/mol. The van der Waals surface area contributed by atoms with Gasteiger partial charge < -0.3 is 19.9 Å². The molecule has 0 aromatic carbocycles. The summed E-state index contributed by atoms with van der Waals surface area (Å²) < 4.78 is 15.7. The second-order valence-electron chi connectivity index (χ2n) is 4.44. The Morgan fingerprint density at radius 2 is 2.39 bits per heavy atom. The Balaban J connectivity index is 1.79. The first-order chi connectivity index (χ1) is 8.74. The van der Waals surface area contributed by atoms with Crippen molar-refractivity contribution in [3.05, 3.63) is 16.1 Å². The quantitative estimate of drug-likeness (QED) is 0.748. The van der Waals surface area contributed by atoms with E-state index in [1.165, 1.54) is 0 Å². The van der Waals surface area contributed by atoms with Gasteiger partial charge in [0.25, 0.3) is 0 Å². The summed E-state index contributed by atoms with van der Waals surface area (Å²) in [6.45, 7) is 3.23. The second-order valence-corrected chi connectivity index (χ2v) is 5.38. The lowest BCUT2D eigenvalue weighted by atomic mass is 9.97. The van der Waals surface area contributed by atoms with Crippen LogP contribution < -0.4 is 5.73 Å². The molecular formula is C12H20N2O3S. The van der Waals surface area contributed by atoms with Crippen LogP contribution in [0.25, 0.3) is 0 Å². The van der Waals surface area contributed by atoms with E-state index in [2.05, 4.69) is 4.98 Å². The van der Waals surface area contributed by atoms with Crippen LogP contribution in [-0.4, -0.2) is 45.1 Å². The first kappa shape index (κ1) is 13.9. The number of rotatable bonds is 7. The van der Waals surface area contributed by atoms with Gasteiger partial charge in [-0.25, -0.2) is 4.98 Å². The Hall–Kier alpha value is -0.530. The van der Waals surface area contributed by atoms with E-state index in [1.807, 2.05) is 5.38 Å². The Morgan fingerprint density at radius 1 is 1.50 bits per heavy atom. The molecule has 1 atom stereocenters. The average molecular weight is 272 g/mol. The number of ether oxygens (including phenoxy) is 3. The largest absolute Gasteiger partial charge is 0.382 e. The van der Waals surface area contributed by atoms with Crippen molar-refractivity contribution in [3.63, 3.8) is 0 Å². The number of aromatic nitrogens is 1. The number of hydrogen-bond donors (Lipinski definition) is 1. The Morgan fingerprint density at radius 3 is 3.11 bits per heavy atom. The van der Waals surface area contributed by atoms with Crippen LogP contribution in [0.15, 0.2) is 5.38 Å². The maximum Gasteiger partial charge on any atom is 0.0952 e. The normalized spacial score (nSPS) is 23.7. The average Bonchev–Trinajstić information content (AvgIpc) is 2.99. The van der Waals surface area contributed by atoms with Crippen molar-refractivity contribution in [2.45, 2.75) is 18.4 Å². The highest BCUT2D eigenvalue weighted by Gasteiger charge is 2.34. The number of nitrogens with two attached hydrogens (primary N) is 1. The molecule has 2 heterocycles. The van der Waals surface area contributed by atoms with Crippen molar-refractivity contribution < 1.29 is 14.2 Å². The van der Waals surface area contributed by atoms with E-state index < -0.39 is 0 Å². The lowest BCUT2D eigenvalue weighted by Gasteiger charge is -2.18. The second kappa shape index (κ2) is 6.58. The highest BCUT2D eigenvalue weighted by atomic mass is 32.1. The number of methoxy groups -OCH3 is 1. The highest BCUT2D eigenvalue weighted by molar-refractivity contribution is 7.09. The van der Waals surface area contributed by atoms with Crippen LogP contribution >= 0.6 is 11.3 Å². The van der Waals surface area contributed by atoms with Gasteiger partial charge in [-0.05, 0) is 6.42 Å². The van der Waals surface area contributed by atoms with Gasteiger partial charge in [0.1, 0.15) is 0 Å². The summed E-state index contributed by atoms with van der Waals surface area (Å²) in [5, 5.41) is 3.11. The summed E-state index contributed by atoms with van der Waals surface area (Å²) >= 11 is 1.64. The Labute approximate surface area is 111 Å². The van der Waals surface area contributed by atoms with E-state index in [9.17, 15) is 0 Å². The van der Waals surface area contributed by atoms with Crippen LogP contribution in [0.1, 0.15) is 17.1 Å². The molecule has 6 heteroatoms. The smallest absolute Gasteiger partial charge is 0.0952 e. The fourth-order valence-electron chi connectivity index (χ4n) is 1.84. The first-order valence-electron chi connectivity index (χ1n) is 6.13. The third kappa shape index (κ3) is 3.49. The van der Waals surface area contributed by atoms with Gasteiger partial charge in [-0.2, -0.15) is 0 Å². The minimum absolute atomic E-state index is 0.383. The zero-order valence-electron chi connectivity index (χ0n) is 10.7. The van der Waals surface area contributed by atoms with Gasteiger partial charge in [0.05, 0.1) is 42.7 Å². The Kier molecular flexibility index (Phi) is 5.08. The van der Waals surface area contributed by atoms with Crippen molar-refractivity contribution in [1.29, 1.82) is 0 Å². The van der Waals surface area contributed by atoms with Gasteiger partial charge in [0, 0.05) is 25.5 Å². The van der Waals surface area contributed by atoms with Crippen LogP contribution in [0.5, 0.6) is 0 Å². The summed E-state index contributed by atoms with van der Waals surface area (Å²) in [6.07, 6.45) is 1.67. The third-order valence-electron chi connectivity index (χ3n) is 3.01. The number of hydrogen-bond acceptors (Lipinski definition) is 6. The van der Waals surface area contributed by atoms with Gasteiger partial charge in [0.15, 0.2) is 0 Å². The minimum Gasteiger partial charge on any atom is -0.382 e. The van der Waals surface area contributed by atoms with E-state index in [0.29, 0.717) is 26.4 Å². The predicted octanol–water partition coefficient (Wildman–Crippen LogP) is 0.923. The van der Waals surface area contributed by atoms with Gasteiger partial charge in [-0.3, -0.25) is 0 Å². The predicted molar refractivity (Wildman–Crippen MR) is 69.8 cm³/mol. The molecule has 1 aromatic rings. The molecule has 5 nitrogen and oxygen atoms in total. The van der Waals surface area contributed by atoms with Crippen LogP contribution in [0.4, 0.5) is 0 Å². The molecule has 1 saturated heterocycles. The summed E-state index contributed by atoms with van der Waals surface area (Å²) in [7, 11) is 1.67. The number of nitrogens with zero attached hydrogens (tertiary/aromatic N) is 1. The lowest BCUT2D eigenvalue weighted by molar-refractivity contribution is 0.0722. The van der Waals surface area contributed by atoms with Crippen molar-refractivity contribution in [1.82, 2.24) is 4.98 Å². The van der Waals surface area contributed by atoms with E-state index in [-0.39, 0.29) is 5.54 Å². The van der Waals surface area contributed by atoms with Gasteiger partial charge in [0.2, 0.25) is 0 Å². The molecule has 0 amide bonds.